The van der Waals surface area contributed by atoms with Crippen molar-refractivity contribution in [3.63, 3.8) is 0 Å². The van der Waals surface area contributed by atoms with E-state index in [2.05, 4.69) is 73.6 Å². The zero-order chi connectivity index (χ0) is 16.9. The van der Waals surface area contributed by atoms with E-state index in [1.807, 2.05) is 0 Å². The number of fused-ring (bicyclic) bond motifs is 3. The Morgan fingerprint density at radius 2 is 1.71 bits per heavy atom. The van der Waals surface area contributed by atoms with Crippen LogP contribution in [0.15, 0.2) is 48.5 Å². The number of benzene rings is 2. The monoisotopic (exact) mass is 336 g/mol. The Bertz CT molecular complexity index is 758. The van der Waals surface area contributed by atoms with Crippen molar-refractivity contribution in [3.8, 4) is 0 Å². The highest BCUT2D eigenvalue weighted by atomic mass is 28.3. The predicted octanol–water partition coefficient (Wildman–Crippen LogP) is 3.69. The van der Waals surface area contributed by atoms with Gasteiger partial charge in [-0.3, -0.25) is 0 Å². The van der Waals surface area contributed by atoms with Crippen molar-refractivity contribution in [2.75, 3.05) is 5.01 Å². The smallest absolute Gasteiger partial charge is 0.0670 e. The first-order valence-corrected chi connectivity index (χ1v) is 12.1. The zero-order valence-electron chi connectivity index (χ0n) is 15.0. The molecular formula is C21H28N2Si. The lowest BCUT2D eigenvalue weighted by Gasteiger charge is -2.50. The molecule has 1 heterocycles. The van der Waals surface area contributed by atoms with Crippen molar-refractivity contribution in [3.05, 3.63) is 59.7 Å². The summed E-state index contributed by atoms with van der Waals surface area (Å²) < 4.78 is 0. The van der Waals surface area contributed by atoms with Crippen LogP contribution in [0.25, 0.3) is 0 Å². The van der Waals surface area contributed by atoms with E-state index in [0.29, 0.717) is 0 Å². The summed E-state index contributed by atoms with van der Waals surface area (Å²) in [6, 6.07) is 18.2. The van der Waals surface area contributed by atoms with E-state index >= 15 is 0 Å². The molecule has 0 spiro atoms. The first-order chi connectivity index (χ1) is 11.5. The van der Waals surface area contributed by atoms with Crippen LogP contribution in [0.5, 0.6) is 0 Å². The van der Waals surface area contributed by atoms with Crippen molar-refractivity contribution < 1.29 is 0 Å². The van der Waals surface area contributed by atoms with Gasteiger partial charge in [-0.2, -0.15) is 0 Å². The molecule has 2 unspecified atom stereocenters. The predicted molar refractivity (Wildman–Crippen MR) is 106 cm³/mol. The van der Waals surface area contributed by atoms with Gasteiger partial charge in [0.25, 0.3) is 0 Å². The molecule has 2 aromatic carbocycles. The summed E-state index contributed by atoms with van der Waals surface area (Å²) in [5.74, 6) is 6.73. The summed E-state index contributed by atoms with van der Waals surface area (Å²) >= 11 is 0. The van der Waals surface area contributed by atoms with E-state index in [1.54, 1.807) is 5.19 Å². The van der Waals surface area contributed by atoms with Crippen LogP contribution >= 0.6 is 0 Å². The number of anilines is 1. The molecule has 2 nitrogen and oxygen atoms in total. The van der Waals surface area contributed by atoms with Crippen molar-refractivity contribution in [2.24, 2.45) is 5.84 Å². The van der Waals surface area contributed by atoms with Crippen molar-refractivity contribution >= 4 is 19.7 Å². The van der Waals surface area contributed by atoms with Crippen LogP contribution < -0.4 is 16.0 Å². The molecule has 0 saturated heterocycles. The van der Waals surface area contributed by atoms with Gasteiger partial charge in [0.1, 0.15) is 0 Å². The fourth-order valence-electron chi connectivity index (χ4n) is 5.16. The van der Waals surface area contributed by atoms with Crippen LogP contribution in [0.1, 0.15) is 43.7 Å². The van der Waals surface area contributed by atoms with Gasteiger partial charge < -0.3 is 5.01 Å². The van der Waals surface area contributed by atoms with Gasteiger partial charge in [-0.1, -0.05) is 73.6 Å². The average molecular weight is 337 g/mol. The molecule has 2 N–H and O–H groups in total. The lowest BCUT2D eigenvalue weighted by Crippen LogP contribution is -2.60. The normalized spacial score (nSPS) is 28.8. The Balaban J connectivity index is 2.02. The lowest BCUT2D eigenvalue weighted by atomic mass is 9.57. The fourth-order valence-corrected chi connectivity index (χ4v) is 6.14. The largest absolute Gasteiger partial charge is 0.304 e. The quantitative estimate of drug-likeness (QED) is 0.669. The molecule has 24 heavy (non-hydrogen) atoms. The maximum atomic E-state index is 6.73. The standard InChI is InChI=1S/C21H28N2Si/c1-20-13-7-8-14-21(20,16-9-5-4-6-10-16)18-15-17(24(2)3)11-12-19(18)23(20)22/h4-6,9-12,15,24H,7-8,13-14,22H2,1-3H3. The Labute approximate surface area is 147 Å². The van der Waals surface area contributed by atoms with Gasteiger partial charge in [0.05, 0.1) is 20.0 Å². The maximum Gasteiger partial charge on any atom is 0.0670 e. The molecule has 0 aromatic heterocycles. The maximum absolute atomic E-state index is 6.73. The highest BCUT2D eigenvalue weighted by Gasteiger charge is 2.60. The molecular weight excluding hydrogens is 308 g/mol. The minimum atomic E-state index is -0.840. The molecule has 1 aliphatic heterocycles. The highest BCUT2D eigenvalue weighted by Crippen LogP contribution is 2.60. The van der Waals surface area contributed by atoms with E-state index < -0.39 is 8.80 Å². The molecule has 1 aliphatic carbocycles. The van der Waals surface area contributed by atoms with Gasteiger partial charge in [-0.25, -0.2) is 5.84 Å². The van der Waals surface area contributed by atoms with E-state index in [0.717, 1.165) is 6.42 Å². The topological polar surface area (TPSA) is 29.3 Å². The van der Waals surface area contributed by atoms with Crippen molar-refractivity contribution in [1.29, 1.82) is 0 Å². The molecule has 2 aromatic rings. The average Bonchev–Trinajstić information content (AvgIpc) is 2.81. The summed E-state index contributed by atoms with van der Waals surface area (Å²) in [5, 5.41) is 3.65. The van der Waals surface area contributed by atoms with E-state index in [1.165, 1.54) is 36.1 Å². The third-order valence-corrected chi connectivity index (χ3v) is 8.28. The van der Waals surface area contributed by atoms with Crippen LogP contribution in [0, 0.1) is 0 Å². The van der Waals surface area contributed by atoms with Crippen molar-refractivity contribution in [1.82, 2.24) is 0 Å². The molecule has 2 atom stereocenters. The van der Waals surface area contributed by atoms with Gasteiger partial charge in [-0.15, -0.1) is 0 Å². The summed E-state index contributed by atoms with van der Waals surface area (Å²) in [7, 11) is -0.840. The summed E-state index contributed by atoms with van der Waals surface area (Å²) in [6.07, 6.45) is 4.89. The number of hydrazine groups is 1. The van der Waals surface area contributed by atoms with Crippen LogP contribution in [-0.4, -0.2) is 14.3 Å². The van der Waals surface area contributed by atoms with Crippen LogP contribution in [0.4, 0.5) is 5.69 Å². The molecule has 126 valence electrons. The van der Waals surface area contributed by atoms with Gasteiger partial charge in [0.15, 0.2) is 0 Å². The second-order valence-electron chi connectivity index (χ2n) is 8.05. The SMILES string of the molecule is C[SiH](C)c1ccc2c(c1)C1(c3ccccc3)CCCCC1(C)N2N. The summed E-state index contributed by atoms with van der Waals surface area (Å²) in [4.78, 5) is 0. The van der Waals surface area contributed by atoms with Crippen LogP contribution in [0.2, 0.25) is 13.1 Å². The Morgan fingerprint density at radius 1 is 1.00 bits per heavy atom. The molecule has 1 fully saturated rings. The second-order valence-corrected chi connectivity index (χ2v) is 11.0. The number of hydrogen-bond donors (Lipinski definition) is 1. The Kier molecular flexibility index (Phi) is 3.62. The minimum Gasteiger partial charge on any atom is -0.304 e. The van der Waals surface area contributed by atoms with Gasteiger partial charge in [-0.05, 0) is 37.0 Å². The Hall–Kier alpha value is -1.58. The Morgan fingerprint density at radius 3 is 2.42 bits per heavy atom. The highest BCUT2D eigenvalue weighted by molar-refractivity contribution is 6.70. The number of nitrogens with two attached hydrogens (primary N) is 1. The first-order valence-electron chi connectivity index (χ1n) is 9.25. The second kappa shape index (κ2) is 5.47. The summed E-state index contributed by atoms with van der Waals surface area (Å²) in [6.45, 7) is 7.20. The lowest BCUT2D eigenvalue weighted by molar-refractivity contribution is 0.204. The fraction of sp³-hybridized carbons (Fsp3) is 0.429. The molecule has 3 heteroatoms. The third-order valence-electron chi connectivity index (χ3n) is 6.59. The third kappa shape index (κ3) is 1.91. The first kappa shape index (κ1) is 15.9. The molecule has 4 rings (SSSR count). The molecule has 0 amide bonds. The van der Waals surface area contributed by atoms with E-state index in [4.69, 9.17) is 5.84 Å². The summed E-state index contributed by atoms with van der Waals surface area (Å²) in [5.41, 5.74) is 4.13. The zero-order valence-corrected chi connectivity index (χ0v) is 16.2. The van der Waals surface area contributed by atoms with Gasteiger partial charge in [0, 0.05) is 5.41 Å². The molecule has 2 aliphatic rings. The minimum absolute atomic E-state index is 0.0237. The van der Waals surface area contributed by atoms with E-state index in [9.17, 15) is 0 Å². The number of rotatable bonds is 2. The molecule has 0 radical (unpaired) electrons. The number of hydrogen-bond acceptors (Lipinski definition) is 2. The molecule has 0 bridgehead atoms. The van der Waals surface area contributed by atoms with Gasteiger partial charge >= 0.3 is 0 Å². The van der Waals surface area contributed by atoms with Crippen molar-refractivity contribution in [2.45, 2.75) is 56.7 Å². The van der Waals surface area contributed by atoms with E-state index in [-0.39, 0.29) is 11.0 Å². The van der Waals surface area contributed by atoms with Crippen LogP contribution in [0.3, 0.4) is 0 Å². The van der Waals surface area contributed by atoms with Crippen LogP contribution in [-0.2, 0) is 5.41 Å². The molecule has 1 saturated carbocycles. The number of nitrogens with zero attached hydrogens (tertiary/aromatic N) is 1. The van der Waals surface area contributed by atoms with Gasteiger partial charge in [0.2, 0.25) is 0 Å².